The van der Waals surface area contributed by atoms with Gasteiger partial charge < -0.3 is 11.1 Å². The van der Waals surface area contributed by atoms with Crippen LogP contribution in [0.15, 0.2) is 41.6 Å². The molecule has 0 aliphatic carbocycles. The first-order valence-corrected chi connectivity index (χ1v) is 8.01. The molecule has 1 aromatic carbocycles. The average Bonchev–Trinajstić information content (AvgIpc) is 2.84. The van der Waals surface area contributed by atoms with Crippen molar-refractivity contribution in [1.82, 2.24) is 9.78 Å². The summed E-state index contributed by atoms with van der Waals surface area (Å²) in [7, 11) is -1.52. The third-order valence-corrected chi connectivity index (χ3v) is 4.04. The second-order valence-corrected chi connectivity index (χ2v) is 6.73. The van der Waals surface area contributed by atoms with E-state index in [1.165, 1.54) is 30.5 Å². The molecule has 21 heavy (non-hydrogen) atoms. The summed E-state index contributed by atoms with van der Waals surface area (Å²) in [6.07, 6.45) is 4.31. The van der Waals surface area contributed by atoms with Gasteiger partial charge in [-0.15, -0.1) is 0 Å². The zero-order valence-electron chi connectivity index (χ0n) is 11.6. The smallest absolute Gasteiger partial charge is 0.246 e. The molecule has 0 aliphatic heterocycles. The van der Waals surface area contributed by atoms with Gasteiger partial charge in [0.1, 0.15) is 6.04 Å². The highest BCUT2D eigenvalue weighted by Crippen LogP contribution is 2.16. The number of amides is 1. The second-order valence-electron chi connectivity index (χ2n) is 4.71. The van der Waals surface area contributed by atoms with Crippen LogP contribution in [0, 0.1) is 0 Å². The molecule has 1 amide bonds. The molecule has 8 heteroatoms. The second kappa shape index (κ2) is 5.66. The third kappa shape index (κ3) is 3.67. The number of aryl methyl sites for hydroxylation is 1. The van der Waals surface area contributed by atoms with Crippen molar-refractivity contribution in [3.05, 3.63) is 42.2 Å². The number of nitrogens with zero attached hydrogens (tertiary/aromatic N) is 2. The Morgan fingerprint density at radius 1 is 1.33 bits per heavy atom. The number of carbonyl (C=O) groups excluding carboxylic acids is 1. The van der Waals surface area contributed by atoms with Crippen LogP contribution < -0.4 is 11.1 Å². The average molecular weight is 308 g/mol. The molecular formula is C13H16N4O3S. The van der Waals surface area contributed by atoms with Crippen molar-refractivity contribution < 1.29 is 13.2 Å². The van der Waals surface area contributed by atoms with Gasteiger partial charge in [-0.1, -0.05) is 0 Å². The highest BCUT2D eigenvalue weighted by atomic mass is 32.2. The van der Waals surface area contributed by atoms with E-state index in [4.69, 9.17) is 5.73 Å². The van der Waals surface area contributed by atoms with Gasteiger partial charge in [0.05, 0.1) is 11.1 Å². The number of carbonyl (C=O) groups is 1. The minimum atomic E-state index is -3.25. The highest BCUT2D eigenvalue weighted by molar-refractivity contribution is 7.90. The first kappa shape index (κ1) is 15.2. The Bertz CT molecular complexity index is 750. The molecule has 3 N–H and O–H groups in total. The summed E-state index contributed by atoms with van der Waals surface area (Å²) in [6.45, 7) is 0. The number of rotatable bonds is 4. The maximum Gasteiger partial charge on any atom is 0.246 e. The minimum Gasteiger partial charge on any atom is -0.324 e. The zero-order valence-corrected chi connectivity index (χ0v) is 12.5. The van der Waals surface area contributed by atoms with Crippen LogP contribution in [-0.2, 0) is 21.7 Å². The molecule has 2 rings (SSSR count). The molecule has 0 spiro atoms. The van der Waals surface area contributed by atoms with E-state index in [1.54, 1.807) is 17.9 Å². The fourth-order valence-corrected chi connectivity index (χ4v) is 2.39. The number of benzene rings is 1. The van der Waals surface area contributed by atoms with Gasteiger partial charge in [0.2, 0.25) is 5.91 Å². The van der Waals surface area contributed by atoms with Crippen molar-refractivity contribution in [3.63, 3.8) is 0 Å². The van der Waals surface area contributed by atoms with E-state index in [2.05, 4.69) is 10.4 Å². The fourth-order valence-electron chi connectivity index (χ4n) is 1.76. The van der Waals surface area contributed by atoms with Crippen LogP contribution in [0.25, 0.3) is 0 Å². The first-order valence-electron chi connectivity index (χ1n) is 6.12. The molecular weight excluding hydrogens is 292 g/mol. The lowest BCUT2D eigenvalue weighted by Crippen LogP contribution is -2.27. The summed E-state index contributed by atoms with van der Waals surface area (Å²) in [5, 5.41) is 6.59. The Morgan fingerprint density at radius 3 is 2.43 bits per heavy atom. The number of nitrogens with one attached hydrogen (secondary N) is 1. The standard InChI is InChI=1S/C13H16N4O3S/c1-17-8-9(7-15-17)12(14)13(18)16-10-3-5-11(6-4-10)21(2,19)20/h3-8,12H,14H2,1-2H3,(H,16,18). The molecule has 0 fully saturated rings. The molecule has 1 aromatic heterocycles. The van der Waals surface area contributed by atoms with Gasteiger partial charge in [0.15, 0.2) is 9.84 Å². The largest absolute Gasteiger partial charge is 0.324 e. The van der Waals surface area contributed by atoms with Gasteiger partial charge in [-0.05, 0) is 24.3 Å². The topological polar surface area (TPSA) is 107 Å². The Hall–Kier alpha value is -2.19. The number of hydrogen-bond acceptors (Lipinski definition) is 5. The predicted octanol–water partition coefficient (Wildman–Crippen LogP) is 0.462. The van der Waals surface area contributed by atoms with Crippen molar-refractivity contribution in [2.75, 3.05) is 11.6 Å². The van der Waals surface area contributed by atoms with Gasteiger partial charge in [-0.25, -0.2) is 8.42 Å². The Kier molecular flexibility index (Phi) is 4.10. The molecule has 1 unspecified atom stereocenters. The van der Waals surface area contributed by atoms with Gasteiger partial charge in [-0.2, -0.15) is 5.10 Å². The quantitative estimate of drug-likeness (QED) is 0.853. The number of anilines is 1. The maximum absolute atomic E-state index is 12.0. The van der Waals surface area contributed by atoms with Crippen LogP contribution in [0.3, 0.4) is 0 Å². The van der Waals surface area contributed by atoms with E-state index < -0.39 is 21.8 Å². The van der Waals surface area contributed by atoms with Gasteiger partial charge >= 0.3 is 0 Å². The Balaban J connectivity index is 2.09. The molecule has 1 atom stereocenters. The van der Waals surface area contributed by atoms with E-state index in [9.17, 15) is 13.2 Å². The zero-order chi connectivity index (χ0) is 15.6. The lowest BCUT2D eigenvalue weighted by Gasteiger charge is -2.11. The summed E-state index contributed by atoms with van der Waals surface area (Å²) in [5.74, 6) is -0.393. The Labute approximate surface area is 122 Å². The molecule has 1 heterocycles. The van der Waals surface area contributed by atoms with Crippen LogP contribution in [-0.4, -0.2) is 30.4 Å². The molecule has 0 radical (unpaired) electrons. The first-order chi connectivity index (χ1) is 9.77. The number of sulfone groups is 1. The van der Waals surface area contributed by atoms with Crippen LogP contribution in [0.1, 0.15) is 11.6 Å². The summed E-state index contributed by atoms with van der Waals surface area (Å²) in [4.78, 5) is 12.2. The third-order valence-electron chi connectivity index (χ3n) is 2.92. The highest BCUT2D eigenvalue weighted by Gasteiger charge is 2.17. The summed E-state index contributed by atoms with van der Waals surface area (Å²) in [6, 6.07) is 5.06. The van der Waals surface area contributed by atoms with Gasteiger partial charge in [-0.3, -0.25) is 9.48 Å². The van der Waals surface area contributed by atoms with Crippen molar-refractivity contribution >= 4 is 21.4 Å². The van der Waals surface area contributed by atoms with Gasteiger partial charge in [0.25, 0.3) is 0 Å². The van der Waals surface area contributed by atoms with E-state index in [1.807, 2.05) is 0 Å². The van der Waals surface area contributed by atoms with Gasteiger partial charge in [0, 0.05) is 30.8 Å². The normalized spacial score (nSPS) is 12.9. The lowest BCUT2D eigenvalue weighted by molar-refractivity contribution is -0.117. The summed E-state index contributed by atoms with van der Waals surface area (Å²) in [5.41, 5.74) is 6.92. The van der Waals surface area contributed by atoms with E-state index in [0.29, 0.717) is 11.3 Å². The summed E-state index contributed by atoms with van der Waals surface area (Å²) >= 11 is 0. The predicted molar refractivity (Wildman–Crippen MR) is 78.3 cm³/mol. The number of hydrogen-bond donors (Lipinski definition) is 2. The van der Waals surface area contributed by atoms with Crippen LogP contribution >= 0.6 is 0 Å². The molecule has 0 bridgehead atoms. The van der Waals surface area contributed by atoms with Crippen LogP contribution in [0.2, 0.25) is 0 Å². The minimum absolute atomic E-state index is 0.192. The number of nitrogens with two attached hydrogens (primary N) is 1. The van der Waals surface area contributed by atoms with Crippen molar-refractivity contribution in [1.29, 1.82) is 0 Å². The SMILES string of the molecule is Cn1cc(C(N)C(=O)Nc2ccc(S(C)(=O)=O)cc2)cn1. The number of aromatic nitrogens is 2. The maximum atomic E-state index is 12.0. The van der Waals surface area contributed by atoms with Crippen LogP contribution in [0.5, 0.6) is 0 Å². The molecule has 0 aliphatic rings. The van der Waals surface area contributed by atoms with E-state index >= 15 is 0 Å². The summed E-state index contributed by atoms with van der Waals surface area (Å²) < 4.78 is 24.2. The van der Waals surface area contributed by atoms with Crippen molar-refractivity contribution in [2.45, 2.75) is 10.9 Å². The van der Waals surface area contributed by atoms with Crippen LogP contribution in [0.4, 0.5) is 5.69 Å². The van der Waals surface area contributed by atoms with E-state index in [0.717, 1.165) is 6.26 Å². The lowest BCUT2D eigenvalue weighted by atomic mass is 10.1. The van der Waals surface area contributed by atoms with Crippen molar-refractivity contribution in [3.8, 4) is 0 Å². The van der Waals surface area contributed by atoms with E-state index in [-0.39, 0.29) is 4.90 Å². The Morgan fingerprint density at radius 2 is 1.95 bits per heavy atom. The molecule has 112 valence electrons. The molecule has 2 aromatic rings. The molecule has 0 saturated heterocycles. The fraction of sp³-hybridized carbons (Fsp3) is 0.231. The van der Waals surface area contributed by atoms with Crippen molar-refractivity contribution in [2.24, 2.45) is 12.8 Å². The molecule has 0 saturated carbocycles. The monoisotopic (exact) mass is 308 g/mol. The molecule has 7 nitrogen and oxygen atoms in total.